The van der Waals surface area contributed by atoms with E-state index < -0.39 is 27.7 Å². The van der Waals surface area contributed by atoms with Gasteiger partial charge in [-0.1, -0.05) is 13.8 Å². The minimum atomic E-state index is -4.03. The Morgan fingerprint density at radius 3 is 2.50 bits per heavy atom. The molecule has 0 fully saturated rings. The molecule has 0 heterocycles. The number of nitrogens with one attached hydrogen (secondary N) is 1. The number of rotatable bonds is 6. The van der Waals surface area contributed by atoms with Crippen molar-refractivity contribution in [2.45, 2.75) is 24.8 Å². The van der Waals surface area contributed by atoms with Crippen LogP contribution in [0.15, 0.2) is 23.1 Å². The van der Waals surface area contributed by atoms with Crippen LogP contribution < -0.4 is 10.5 Å². The van der Waals surface area contributed by atoms with Gasteiger partial charge >= 0.3 is 5.97 Å². The summed E-state index contributed by atoms with van der Waals surface area (Å²) in [5, 5.41) is 18.6. The molecule has 7 nitrogen and oxygen atoms in total. The monoisotopic (exact) mass is 302 g/mol. The second kappa shape index (κ2) is 6.21. The van der Waals surface area contributed by atoms with Gasteiger partial charge in [0.2, 0.25) is 10.0 Å². The summed E-state index contributed by atoms with van der Waals surface area (Å²) in [6.45, 7) is 3.29. The Morgan fingerprint density at radius 2 is 2.00 bits per heavy atom. The highest BCUT2D eigenvalue weighted by atomic mass is 32.2. The highest BCUT2D eigenvalue weighted by Crippen LogP contribution is 2.19. The summed E-state index contributed by atoms with van der Waals surface area (Å²) in [6.07, 6.45) is -0.855. The van der Waals surface area contributed by atoms with Gasteiger partial charge in [0.05, 0.1) is 16.6 Å². The fraction of sp³-hybridized carbons (Fsp3) is 0.417. The van der Waals surface area contributed by atoms with E-state index >= 15 is 0 Å². The van der Waals surface area contributed by atoms with Gasteiger partial charge in [-0.25, -0.2) is 17.9 Å². The van der Waals surface area contributed by atoms with Crippen LogP contribution in [0.1, 0.15) is 24.2 Å². The van der Waals surface area contributed by atoms with Crippen LogP contribution >= 0.6 is 0 Å². The number of aliphatic hydroxyl groups excluding tert-OH is 1. The van der Waals surface area contributed by atoms with Gasteiger partial charge in [0.25, 0.3) is 0 Å². The van der Waals surface area contributed by atoms with Crippen LogP contribution in [0.2, 0.25) is 0 Å². The lowest BCUT2D eigenvalue weighted by Gasteiger charge is -2.16. The van der Waals surface area contributed by atoms with E-state index in [2.05, 4.69) is 4.72 Å². The van der Waals surface area contributed by atoms with Crippen molar-refractivity contribution in [1.29, 1.82) is 0 Å². The second-order valence-electron chi connectivity index (χ2n) is 4.72. The van der Waals surface area contributed by atoms with E-state index in [-0.39, 0.29) is 23.0 Å². The second-order valence-corrected chi connectivity index (χ2v) is 6.46. The Bertz CT molecular complexity index is 598. The quantitative estimate of drug-likeness (QED) is 0.558. The number of nitrogens with two attached hydrogens (primary N) is 1. The normalized spacial score (nSPS) is 13.4. The van der Waals surface area contributed by atoms with Crippen LogP contribution in [0.5, 0.6) is 0 Å². The van der Waals surface area contributed by atoms with Crippen molar-refractivity contribution in [1.82, 2.24) is 4.72 Å². The molecule has 0 aromatic heterocycles. The number of aromatic carboxylic acids is 1. The maximum Gasteiger partial charge on any atom is 0.337 e. The molecule has 0 amide bonds. The third-order valence-electron chi connectivity index (χ3n) is 2.78. The SMILES string of the molecule is CC(C)C(O)CNS(=O)(=O)c1ccc(N)cc1C(=O)O. The average Bonchev–Trinajstić information content (AvgIpc) is 2.35. The van der Waals surface area contributed by atoms with Gasteiger partial charge in [-0.05, 0) is 24.1 Å². The van der Waals surface area contributed by atoms with Crippen LogP contribution in [0, 0.1) is 5.92 Å². The lowest BCUT2D eigenvalue weighted by atomic mass is 10.1. The number of aliphatic hydroxyl groups is 1. The van der Waals surface area contributed by atoms with Crippen molar-refractivity contribution in [2.24, 2.45) is 5.92 Å². The van der Waals surface area contributed by atoms with Crippen molar-refractivity contribution in [3.8, 4) is 0 Å². The van der Waals surface area contributed by atoms with Crippen molar-refractivity contribution >= 4 is 21.7 Å². The first kappa shape index (κ1) is 16.4. The number of carboxylic acid groups (broad SMARTS) is 1. The Hall–Kier alpha value is -1.64. The molecule has 8 heteroatoms. The first-order chi connectivity index (χ1) is 9.15. The van der Waals surface area contributed by atoms with Gasteiger partial charge in [0, 0.05) is 12.2 Å². The number of carboxylic acids is 1. The summed E-state index contributed by atoms with van der Waals surface area (Å²) in [7, 11) is -4.03. The number of anilines is 1. The summed E-state index contributed by atoms with van der Waals surface area (Å²) >= 11 is 0. The molecular weight excluding hydrogens is 284 g/mol. The predicted molar refractivity (Wildman–Crippen MR) is 73.8 cm³/mol. The lowest BCUT2D eigenvalue weighted by Crippen LogP contribution is -2.35. The van der Waals surface area contributed by atoms with Crippen molar-refractivity contribution < 1.29 is 23.4 Å². The van der Waals surface area contributed by atoms with Crippen LogP contribution in [-0.2, 0) is 10.0 Å². The van der Waals surface area contributed by atoms with Gasteiger partial charge in [0.15, 0.2) is 0 Å². The maximum absolute atomic E-state index is 12.1. The fourth-order valence-corrected chi connectivity index (χ4v) is 2.69. The molecule has 0 aliphatic rings. The molecule has 0 bridgehead atoms. The third kappa shape index (κ3) is 3.92. The molecule has 0 saturated heterocycles. The molecule has 1 rings (SSSR count). The largest absolute Gasteiger partial charge is 0.478 e. The molecule has 0 aliphatic carbocycles. The molecule has 0 radical (unpaired) electrons. The fourth-order valence-electron chi connectivity index (χ4n) is 1.46. The van der Waals surface area contributed by atoms with Gasteiger partial charge in [-0.2, -0.15) is 0 Å². The Morgan fingerprint density at radius 1 is 1.40 bits per heavy atom. The van der Waals surface area contributed by atoms with E-state index in [4.69, 9.17) is 10.8 Å². The maximum atomic E-state index is 12.1. The van der Waals surface area contributed by atoms with Gasteiger partial charge in [0.1, 0.15) is 0 Å². The molecule has 0 spiro atoms. The zero-order valence-electron chi connectivity index (χ0n) is 11.2. The molecule has 0 aliphatic heterocycles. The van der Waals surface area contributed by atoms with E-state index in [0.29, 0.717) is 0 Å². The number of benzene rings is 1. The molecule has 1 aromatic rings. The molecule has 1 unspecified atom stereocenters. The van der Waals surface area contributed by atoms with Gasteiger partial charge < -0.3 is 15.9 Å². The predicted octanol–water partition coefficient (Wildman–Crippen LogP) is 0.262. The van der Waals surface area contributed by atoms with E-state index in [9.17, 15) is 18.3 Å². The molecule has 112 valence electrons. The standard InChI is InChI=1S/C12H18N2O5S/c1-7(2)10(15)6-14-20(18,19)11-4-3-8(13)5-9(11)12(16)17/h3-5,7,10,14-15H,6,13H2,1-2H3,(H,16,17). The van der Waals surface area contributed by atoms with Crippen molar-refractivity contribution in [2.75, 3.05) is 12.3 Å². The van der Waals surface area contributed by atoms with Gasteiger partial charge in [-0.3, -0.25) is 0 Å². The minimum absolute atomic E-state index is 0.122. The van der Waals surface area contributed by atoms with Crippen LogP contribution in [0.25, 0.3) is 0 Å². The van der Waals surface area contributed by atoms with E-state index in [1.165, 1.54) is 6.07 Å². The Labute approximate surface area is 117 Å². The number of nitrogen functional groups attached to an aromatic ring is 1. The zero-order chi connectivity index (χ0) is 15.5. The number of carbonyl (C=O) groups is 1. The Kier molecular flexibility index (Phi) is 5.09. The summed E-state index contributed by atoms with van der Waals surface area (Å²) in [5.74, 6) is -1.51. The number of hydrogen-bond donors (Lipinski definition) is 4. The van der Waals surface area contributed by atoms with E-state index in [1.807, 2.05) is 0 Å². The third-order valence-corrected chi connectivity index (χ3v) is 4.26. The van der Waals surface area contributed by atoms with Crippen LogP contribution in [-0.4, -0.2) is 37.2 Å². The summed E-state index contributed by atoms with van der Waals surface area (Å²) in [5.41, 5.74) is 5.20. The van der Waals surface area contributed by atoms with Crippen molar-refractivity contribution in [3.63, 3.8) is 0 Å². The summed E-state index contributed by atoms with van der Waals surface area (Å²) in [6, 6.07) is 3.51. The lowest BCUT2D eigenvalue weighted by molar-refractivity contribution is 0.0692. The Balaban J connectivity index is 3.07. The van der Waals surface area contributed by atoms with E-state index in [0.717, 1.165) is 12.1 Å². The summed E-state index contributed by atoms with van der Waals surface area (Å²) in [4.78, 5) is 10.7. The minimum Gasteiger partial charge on any atom is -0.478 e. The highest BCUT2D eigenvalue weighted by Gasteiger charge is 2.23. The zero-order valence-corrected chi connectivity index (χ0v) is 12.0. The number of hydrogen-bond acceptors (Lipinski definition) is 5. The smallest absolute Gasteiger partial charge is 0.337 e. The van der Waals surface area contributed by atoms with Crippen LogP contribution in [0.3, 0.4) is 0 Å². The molecule has 1 aromatic carbocycles. The molecule has 0 saturated carbocycles. The molecule has 5 N–H and O–H groups in total. The van der Waals surface area contributed by atoms with E-state index in [1.54, 1.807) is 13.8 Å². The average molecular weight is 302 g/mol. The molecular formula is C12H18N2O5S. The van der Waals surface area contributed by atoms with Crippen LogP contribution in [0.4, 0.5) is 5.69 Å². The topological polar surface area (TPSA) is 130 Å². The van der Waals surface area contributed by atoms with Gasteiger partial charge in [-0.15, -0.1) is 0 Å². The first-order valence-corrected chi connectivity index (χ1v) is 7.44. The van der Waals surface area contributed by atoms with Crippen molar-refractivity contribution in [3.05, 3.63) is 23.8 Å². The first-order valence-electron chi connectivity index (χ1n) is 5.95. The highest BCUT2D eigenvalue weighted by molar-refractivity contribution is 7.89. The number of sulfonamides is 1. The summed E-state index contributed by atoms with van der Waals surface area (Å²) < 4.78 is 26.3. The molecule has 1 atom stereocenters. The molecule has 20 heavy (non-hydrogen) atoms.